The Morgan fingerprint density at radius 1 is 1.53 bits per heavy atom. The molecule has 0 radical (unpaired) electrons. The molecule has 2 heterocycles. The molecule has 1 aromatic rings. The zero-order chi connectivity index (χ0) is 13.9. The fourth-order valence-electron chi connectivity index (χ4n) is 2.00. The summed E-state index contributed by atoms with van der Waals surface area (Å²) in [5, 5.41) is -0.592. The first-order chi connectivity index (χ1) is 9.05. The largest absolute Gasteiger partial charge is 0.263 e. The van der Waals surface area contributed by atoms with Gasteiger partial charge in [0.25, 0.3) is 10.0 Å². The van der Waals surface area contributed by atoms with Crippen molar-refractivity contribution in [2.75, 3.05) is 13.1 Å². The number of aromatic nitrogens is 1. The predicted molar refractivity (Wildman–Crippen MR) is 64.1 cm³/mol. The molecule has 0 spiro atoms. The summed E-state index contributed by atoms with van der Waals surface area (Å²) in [5.74, 6) is -0.886. The number of nitrogens with zero attached hydrogens (tertiary/aromatic N) is 3. The summed E-state index contributed by atoms with van der Waals surface area (Å²) >= 11 is 0. The van der Waals surface area contributed by atoms with E-state index in [2.05, 4.69) is 9.98 Å². The van der Waals surface area contributed by atoms with E-state index in [4.69, 9.17) is 0 Å². The third-order valence-electron chi connectivity index (χ3n) is 2.90. The van der Waals surface area contributed by atoms with Crippen LogP contribution in [0, 0.1) is 5.82 Å². The maximum atomic E-state index is 13.5. The van der Waals surface area contributed by atoms with Crippen molar-refractivity contribution in [2.45, 2.75) is 23.9 Å². The van der Waals surface area contributed by atoms with Crippen LogP contribution in [0.25, 0.3) is 0 Å². The molecule has 1 saturated heterocycles. The van der Waals surface area contributed by atoms with Gasteiger partial charge in [0.2, 0.25) is 11.1 Å². The van der Waals surface area contributed by atoms with Crippen molar-refractivity contribution >= 4 is 16.1 Å². The third kappa shape index (κ3) is 2.86. The number of sulfonamides is 1. The monoisotopic (exact) mass is 285 g/mol. The van der Waals surface area contributed by atoms with Gasteiger partial charge in [0.15, 0.2) is 5.82 Å². The fraction of sp³-hybridized carbons (Fsp3) is 0.455. The smallest absolute Gasteiger partial charge is 0.241 e. The molecule has 0 saturated carbocycles. The van der Waals surface area contributed by atoms with Crippen molar-refractivity contribution in [3.05, 3.63) is 24.1 Å². The first-order valence-corrected chi connectivity index (χ1v) is 7.17. The Balaban J connectivity index is 2.30. The molecule has 1 aliphatic rings. The van der Waals surface area contributed by atoms with Crippen molar-refractivity contribution < 1.29 is 17.6 Å². The Bertz CT molecular complexity index is 613. The lowest BCUT2D eigenvalue weighted by Crippen LogP contribution is -2.42. The van der Waals surface area contributed by atoms with Gasteiger partial charge in [0.05, 0.1) is 6.04 Å². The minimum atomic E-state index is -3.99. The van der Waals surface area contributed by atoms with Crippen molar-refractivity contribution in [1.82, 2.24) is 9.29 Å². The van der Waals surface area contributed by atoms with Gasteiger partial charge in [-0.25, -0.2) is 27.6 Å². The third-order valence-corrected chi connectivity index (χ3v) is 4.70. The van der Waals surface area contributed by atoms with Crippen LogP contribution >= 0.6 is 0 Å². The second kappa shape index (κ2) is 5.56. The lowest BCUT2D eigenvalue weighted by molar-refractivity contribution is 0.314. The molecular weight excluding hydrogens is 273 g/mol. The van der Waals surface area contributed by atoms with E-state index in [1.54, 1.807) is 0 Å². The molecule has 0 aromatic carbocycles. The number of piperidine rings is 1. The molecule has 8 heteroatoms. The number of halogens is 1. The van der Waals surface area contributed by atoms with E-state index in [0.717, 1.165) is 10.4 Å². The Morgan fingerprint density at radius 2 is 2.32 bits per heavy atom. The van der Waals surface area contributed by atoms with E-state index in [9.17, 15) is 17.6 Å². The highest BCUT2D eigenvalue weighted by Gasteiger charge is 2.32. The molecule has 102 valence electrons. The van der Waals surface area contributed by atoms with Gasteiger partial charge in [-0.1, -0.05) is 0 Å². The summed E-state index contributed by atoms with van der Waals surface area (Å²) in [6, 6.07) is 1.95. The molecule has 1 fully saturated rings. The molecule has 0 N–H and O–H groups in total. The summed E-state index contributed by atoms with van der Waals surface area (Å²) in [6.07, 6.45) is 3.82. The summed E-state index contributed by atoms with van der Waals surface area (Å²) in [4.78, 5) is 17.3. The van der Waals surface area contributed by atoms with E-state index in [1.807, 2.05) is 0 Å². The summed E-state index contributed by atoms with van der Waals surface area (Å²) in [6.45, 7) is 0.316. The van der Waals surface area contributed by atoms with Gasteiger partial charge in [-0.05, 0) is 25.0 Å². The number of rotatable bonds is 3. The van der Waals surface area contributed by atoms with Crippen LogP contribution in [0.1, 0.15) is 12.8 Å². The first-order valence-electron chi connectivity index (χ1n) is 5.73. The lowest BCUT2D eigenvalue weighted by Gasteiger charge is -2.28. The SMILES string of the molecule is O=C=NC1CCCN(S(=O)(=O)c2ncccc2F)C1. The van der Waals surface area contributed by atoms with E-state index >= 15 is 0 Å². The van der Waals surface area contributed by atoms with Crippen LogP contribution in [0.15, 0.2) is 28.3 Å². The van der Waals surface area contributed by atoms with Crippen molar-refractivity contribution in [2.24, 2.45) is 4.99 Å². The quantitative estimate of drug-likeness (QED) is 0.605. The number of isocyanates is 1. The molecule has 1 aliphatic heterocycles. The minimum Gasteiger partial charge on any atom is -0.241 e. The van der Waals surface area contributed by atoms with Crippen molar-refractivity contribution in [3.63, 3.8) is 0 Å². The Morgan fingerprint density at radius 3 is 3.00 bits per heavy atom. The van der Waals surface area contributed by atoms with Gasteiger partial charge < -0.3 is 0 Å². The van der Waals surface area contributed by atoms with E-state index in [0.29, 0.717) is 12.8 Å². The van der Waals surface area contributed by atoms with Crippen LogP contribution in [0.2, 0.25) is 0 Å². The molecule has 1 aromatic heterocycles. The average Bonchev–Trinajstić information content (AvgIpc) is 2.40. The summed E-state index contributed by atoms with van der Waals surface area (Å²) < 4.78 is 39.1. The minimum absolute atomic E-state index is 0.0492. The zero-order valence-electron chi connectivity index (χ0n) is 9.99. The normalized spacial score (nSPS) is 20.8. The van der Waals surface area contributed by atoms with Crippen LogP contribution in [0.5, 0.6) is 0 Å². The summed E-state index contributed by atoms with van der Waals surface area (Å²) in [5.41, 5.74) is 0. The highest BCUT2D eigenvalue weighted by atomic mass is 32.2. The van der Waals surface area contributed by atoms with Crippen LogP contribution in [0.4, 0.5) is 4.39 Å². The number of hydrogen-bond acceptors (Lipinski definition) is 5. The van der Waals surface area contributed by atoms with Crippen LogP contribution in [0.3, 0.4) is 0 Å². The van der Waals surface area contributed by atoms with Gasteiger partial charge >= 0.3 is 0 Å². The zero-order valence-corrected chi connectivity index (χ0v) is 10.8. The topological polar surface area (TPSA) is 79.7 Å². The second-order valence-corrected chi connectivity index (χ2v) is 6.02. The molecule has 0 aliphatic carbocycles. The standard InChI is InChI=1S/C11H12FN3O3S/c12-10-4-1-5-13-11(10)19(17,18)15-6-2-3-9(7-15)14-8-16/h1,4-5,9H,2-3,6-7H2. The van der Waals surface area contributed by atoms with Crippen molar-refractivity contribution in [3.8, 4) is 0 Å². The number of hydrogen-bond donors (Lipinski definition) is 0. The van der Waals surface area contributed by atoms with Gasteiger partial charge in [-0.3, -0.25) is 0 Å². The number of aliphatic imine (C=N–C) groups is 1. The van der Waals surface area contributed by atoms with Gasteiger partial charge in [-0.2, -0.15) is 4.31 Å². The van der Waals surface area contributed by atoms with Crippen LogP contribution in [-0.2, 0) is 14.8 Å². The molecule has 1 atom stereocenters. The van der Waals surface area contributed by atoms with E-state index in [1.165, 1.54) is 18.3 Å². The van der Waals surface area contributed by atoms with Gasteiger partial charge in [0.1, 0.15) is 0 Å². The number of pyridine rings is 1. The lowest BCUT2D eigenvalue weighted by atomic mass is 10.1. The van der Waals surface area contributed by atoms with Gasteiger partial charge in [-0.15, -0.1) is 0 Å². The van der Waals surface area contributed by atoms with Gasteiger partial charge in [0, 0.05) is 19.3 Å². The molecular formula is C11H12FN3O3S. The second-order valence-electron chi connectivity index (χ2n) is 4.17. The van der Waals surface area contributed by atoms with Crippen molar-refractivity contribution in [1.29, 1.82) is 0 Å². The van der Waals surface area contributed by atoms with E-state index in [-0.39, 0.29) is 13.1 Å². The Hall–Kier alpha value is -1.63. The first kappa shape index (κ1) is 13.8. The average molecular weight is 285 g/mol. The fourth-order valence-corrected chi connectivity index (χ4v) is 3.49. The molecule has 0 amide bonds. The number of carbonyl (C=O) groups excluding carboxylic acids is 1. The molecule has 1 unspecified atom stereocenters. The molecule has 2 rings (SSSR count). The molecule has 19 heavy (non-hydrogen) atoms. The van der Waals surface area contributed by atoms with E-state index < -0.39 is 26.9 Å². The maximum Gasteiger partial charge on any atom is 0.263 e. The Labute approximate surface area is 110 Å². The molecule has 0 bridgehead atoms. The predicted octanol–water partition coefficient (Wildman–Crippen LogP) is 0.710. The highest BCUT2D eigenvalue weighted by molar-refractivity contribution is 7.89. The molecule has 6 nitrogen and oxygen atoms in total. The summed E-state index contributed by atoms with van der Waals surface area (Å²) in [7, 11) is -3.99. The van der Waals surface area contributed by atoms with Crippen LogP contribution in [-0.4, -0.2) is 42.9 Å². The van der Waals surface area contributed by atoms with Crippen LogP contribution < -0.4 is 0 Å². The highest BCUT2D eigenvalue weighted by Crippen LogP contribution is 2.22. The Kier molecular flexibility index (Phi) is 4.04. The maximum absolute atomic E-state index is 13.5.